The Morgan fingerprint density at radius 2 is 2.11 bits per heavy atom. The van der Waals surface area contributed by atoms with E-state index in [2.05, 4.69) is 41.9 Å². The van der Waals surface area contributed by atoms with Crippen LogP contribution in [0, 0.1) is 0 Å². The van der Waals surface area contributed by atoms with Crippen molar-refractivity contribution in [2.24, 2.45) is 0 Å². The summed E-state index contributed by atoms with van der Waals surface area (Å²) in [6.07, 6.45) is 0.947. The Balaban J connectivity index is 1.73. The molecule has 0 fully saturated rings. The Morgan fingerprint density at radius 1 is 1.33 bits per heavy atom. The van der Waals surface area contributed by atoms with Crippen LogP contribution in [0.4, 0.5) is 0 Å². The van der Waals surface area contributed by atoms with Crippen LogP contribution in [-0.4, -0.2) is 33.1 Å². The average molecular weight is 310 g/mol. The maximum absolute atomic E-state index is 11.6. The van der Waals surface area contributed by atoms with Crippen molar-refractivity contribution >= 4 is 21.8 Å². The van der Waals surface area contributed by atoms with E-state index in [1.807, 2.05) is 24.3 Å². The molecule has 0 bridgehead atoms. The van der Waals surface area contributed by atoms with Crippen LogP contribution in [0.15, 0.2) is 28.7 Å². The van der Waals surface area contributed by atoms with E-state index in [-0.39, 0.29) is 5.91 Å². The van der Waals surface area contributed by atoms with E-state index in [9.17, 15) is 4.79 Å². The van der Waals surface area contributed by atoms with Gasteiger partial charge in [0.1, 0.15) is 0 Å². The smallest absolute Gasteiger partial charge is 0.224 e. The lowest BCUT2D eigenvalue weighted by Crippen LogP contribution is -2.27. The standard InChI is InChI=1S/C11H12BrN5O/c12-9-3-1-8(2-4-9)7-11(18)13-6-5-10-14-16-17-15-10/h1-4H,5-7H2,(H,13,18)(H,14,15,16,17). The van der Waals surface area contributed by atoms with Crippen molar-refractivity contribution < 1.29 is 4.79 Å². The fourth-order valence-corrected chi connectivity index (χ4v) is 1.72. The van der Waals surface area contributed by atoms with Crippen molar-refractivity contribution in [2.45, 2.75) is 12.8 Å². The molecule has 2 N–H and O–H groups in total. The van der Waals surface area contributed by atoms with Crippen LogP contribution in [0.25, 0.3) is 0 Å². The minimum atomic E-state index is -0.0131. The molecule has 0 saturated carbocycles. The zero-order chi connectivity index (χ0) is 12.8. The van der Waals surface area contributed by atoms with Gasteiger partial charge in [-0.2, -0.15) is 5.21 Å². The highest BCUT2D eigenvalue weighted by Gasteiger charge is 2.04. The quantitative estimate of drug-likeness (QED) is 0.858. The van der Waals surface area contributed by atoms with Gasteiger partial charge in [-0.25, -0.2) is 0 Å². The summed E-state index contributed by atoms with van der Waals surface area (Å²) in [4.78, 5) is 11.6. The van der Waals surface area contributed by atoms with Crippen molar-refractivity contribution in [2.75, 3.05) is 6.54 Å². The van der Waals surface area contributed by atoms with Crippen LogP contribution in [0.2, 0.25) is 0 Å². The molecule has 0 aliphatic rings. The van der Waals surface area contributed by atoms with Gasteiger partial charge in [-0.3, -0.25) is 4.79 Å². The fraction of sp³-hybridized carbons (Fsp3) is 0.273. The third-order valence-electron chi connectivity index (χ3n) is 2.34. The van der Waals surface area contributed by atoms with Gasteiger partial charge in [0, 0.05) is 17.4 Å². The molecule has 1 aromatic heterocycles. The number of hydrogen-bond donors (Lipinski definition) is 2. The van der Waals surface area contributed by atoms with Crippen LogP contribution in [-0.2, 0) is 17.6 Å². The Labute approximate surface area is 112 Å². The van der Waals surface area contributed by atoms with E-state index >= 15 is 0 Å². The lowest BCUT2D eigenvalue weighted by molar-refractivity contribution is -0.120. The predicted molar refractivity (Wildman–Crippen MR) is 68.7 cm³/mol. The maximum Gasteiger partial charge on any atom is 0.224 e. The average Bonchev–Trinajstić information content (AvgIpc) is 2.85. The van der Waals surface area contributed by atoms with Crippen LogP contribution in [0.3, 0.4) is 0 Å². The van der Waals surface area contributed by atoms with E-state index in [0.29, 0.717) is 25.2 Å². The molecule has 7 heteroatoms. The predicted octanol–water partition coefficient (Wildman–Crippen LogP) is 0.864. The highest BCUT2D eigenvalue weighted by atomic mass is 79.9. The number of aromatic nitrogens is 4. The minimum absolute atomic E-state index is 0.0131. The molecule has 0 atom stereocenters. The summed E-state index contributed by atoms with van der Waals surface area (Å²) in [5.74, 6) is 0.583. The molecular weight excluding hydrogens is 298 g/mol. The number of carbonyl (C=O) groups excluding carboxylic acids is 1. The highest BCUT2D eigenvalue weighted by molar-refractivity contribution is 9.10. The van der Waals surface area contributed by atoms with Crippen molar-refractivity contribution in [3.63, 3.8) is 0 Å². The molecule has 2 aromatic rings. The number of halogens is 1. The number of nitrogens with zero attached hydrogens (tertiary/aromatic N) is 3. The number of nitrogens with one attached hydrogen (secondary N) is 2. The minimum Gasteiger partial charge on any atom is -0.355 e. The molecule has 1 aromatic carbocycles. The molecule has 0 aliphatic carbocycles. The SMILES string of the molecule is O=C(Cc1ccc(Br)cc1)NCCc1nn[nH]n1. The van der Waals surface area contributed by atoms with Crippen molar-refractivity contribution in [3.05, 3.63) is 40.1 Å². The zero-order valence-corrected chi connectivity index (χ0v) is 11.1. The summed E-state index contributed by atoms with van der Waals surface area (Å²) in [5, 5.41) is 16.2. The molecule has 0 aliphatic heterocycles. The second kappa shape index (κ2) is 6.25. The largest absolute Gasteiger partial charge is 0.355 e. The molecule has 94 valence electrons. The number of tetrazole rings is 1. The first-order valence-electron chi connectivity index (χ1n) is 5.47. The van der Waals surface area contributed by atoms with Crippen LogP contribution < -0.4 is 5.32 Å². The van der Waals surface area contributed by atoms with Crippen molar-refractivity contribution in [1.82, 2.24) is 25.9 Å². The molecule has 0 radical (unpaired) electrons. The number of amides is 1. The molecule has 1 amide bonds. The zero-order valence-electron chi connectivity index (χ0n) is 9.56. The lowest BCUT2D eigenvalue weighted by Gasteiger charge is -2.03. The topological polar surface area (TPSA) is 83.6 Å². The monoisotopic (exact) mass is 309 g/mol. The molecule has 0 saturated heterocycles. The number of rotatable bonds is 5. The van der Waals surface area contributed by atoms with Crippen molar-refractivity contribution in [1.29, 1.82) is 0 Å². The van der Waals surface area contributed by atoms with Gasteiger partial charge in [0.15, 0.2) is 5.82 Å². The molecule has 2 rings (SSSR count). The van der Waals surface area contributed by atoms with E-state index < -0.39 is 0 Å². The Hall–Kier alpha value is -1.76. The number of carbonyl (C=O) groups is 1. The second-order valence-electron chi connectivity index (χ2n) is 3.73. The normalized spacial score (nSPS) is 10.3. The molecule has 0 unspecified atom stereocenters. The third-order valence-corrected chi connectivity index (χ3v) is 2.87. The number of hydrogen-bond acceptors (Lipinski definition) is 4. The fourth-order valence-electron chi connectivity index (χ4n) is 1.45. The Bertz CT molecular complexity index is 497. The lowest BCUT2D eigenvalue weighted by atomic mass is 10.1. The summed E-state index contributed by atoms with van der Waals surface area (Å²) in [5.41, 5.74) is 0.982. The van der Waals surface area contributed by atoms with Gasteiger partial charge in [0.25, 0.3) is 0 Å². The van der Waals surface area contributed by atoms with Gasteiger partial charge in [-0.15, -0.1) is 10.2 Å². The van der Waals surface area contributed by atoms with Gasteiger partial charge in [-0.05, 0) is 17.7 Å². The van der Waals surface area contributed by atoms with Gasteiger partial charge < -0.3 is 5.32 Å². The molecule has 1 heterocycles. The Kier molecular flexibility index (Phi) is 4.40. The van der Waals surface area contributed by atoms with Gasteiger partial charge in [-0.1, -0.05) is 33.3 Å². The van der Waals surface area contributed by atoms with Crippen LogP contribution in [0.1, 0.15) is 11.4 Å². The summed E-state index contributed by atoms with van der Waals surface area (Å²) >= 11 is 3.35. The van der Waals surface area contributed by atoms with E-state index in [4.69, 9.17) is 0 Å². The maximum atomic E-state index is 11.6. The molecule has 18 heavy (non-hydrogen) atoms. The van der Waals surface area contributed by atoms with Gasteiger partial charge in [0.2, 0.25) is 5.91 Å². The Morgan fingerprint density at radius 3 is 2.78 bits per heavy atom. The summed E-state index contributed by atoms with van der Waals surface area (Å²) < 4.78 is 1.00. The first kappa shape index (κ1) is 12.7. The first-order chi connectivity index (χ1) is 8.74. The number of aromatic amines is 1. The van der Waals surface area contributed by atoms with E-state index in [0.717, 1.165) is 10.0 Å². The third kappa shape index (κ3) is 3.92. The second-order valence-corrected chi connectivity index (χ2v) is 4.65. The molecule has 0 spiro atoms. The van der Waals surface area contributed by atoms with E-state index in [1.54, 1.807) is 0 Å². The van der Waals surface area contributed by atoms with E-state index in [1.165, 1.54) is 0 Å². The van der Waals surface area contributed by atoms with Crippen LogP contribution >= 0.6 is 15.9 Å². The van der Waals surface area contributed by atoms with Crippen molar-refractivity contribution in [3.8, 4) is 0 Å². The van der Waals surface area contributed by atoms with Gasteiger partial charge >= 0.3 is 0 Å². The summed E-state index contributed by atoms with van der Waals surface area (Å²) in [7, 11) is 0. The van der Waals surface area contributed by atoms with Crippen LogP contribution in [0.5, 0.6) is 0 Å². The number of H-pyrrole nitrogens is 1. The highest BCUT2D eigenvalue weighted by Crippen LogP contribution is 2.10. The number of benzene rings is 1. The molecule has 6 nitrogen and oxygen atoms in total. The summed E-state index contributed by atoms with van der Waals surface area (Å²) in [6, 6.07) is 7.68. The van der Waals surface area contributed by atoms with Gasteiger partial charge in [0.05, 0.1) is 6.42 Å². The molecular formula is C11H12BrN5O. The first-order valence-corrected chi connectivity index (χ1v) is 6.27. The summed E-state index contributed by atoms with van der Waals surface area (Å²) in [6.45, 7) is 0.509.